The van der Waals surface area contributed by atoms with Crippen LogP contribution in [0.1, 0.15) is 51.3 Å². The highest BCUT2D eigenvalue weighted by Gasteiger charge is 2.79. The molecule has 0 radical (unpaired) electrons. The first kappa shape index (κ1) is 24.1. The summed E-state index contributed by atoms with van der Waals surface area (Å²) in [7, 11) is 2.84. The molecule has 2 bridgehead atoms. The molecule has 1 N–H and O–H groups in total. The minimum absolute atomic E-state index is 0.0215. The van der Waals surface area contributed by atoms with Crippen molar-refractivity contribution < 1.29 is 47.9 Å². The number of allylic oxidation sites excluding steroid dienone is 2. The summed E-state index contributed by atoms with van der Waals surface area (Å²) in [4.78, 5) is 26.7. The molecule has 10 nitrogen and oxygen atoms in total. The summed E-state index contributed by atoms with van der Waals surface area (Å²) in [6.07, 6.45) is -0.523. The van der Waals surface area contributed by atoms with Gasteiger partial charge in [0.2, 0.25) is 24.1 Å². The van der Waals surface area contributed by atoms with E-state index in [0.717, 1.165) is 5.56 Å². The average molecular weight is 515 g/mol. The molecule has 10 heteroatoms. The smallest absolute Gasteiger partial charge is 0.333 e. The van der Waals surface area contributed by atoms with E-state index in [4.69, 9.17) is 33.2 Å². The van der Waals surface area contributed by atoms with Crippen LogP contribution in [0.25, 0.3) is 0 Å². The van der Waals surface area contributed by atoms with Gasteiger partial charge in [-0.15, -0.1) is 0 Å². The lowest BCUT2D eigenvalue weighted by atomic mass is 9.51. The van der Waals surface area contributed by atoms with E-state index in [1.54, 1.807) is 26.8 Å². The summed E-state index contributed by atoms with van der Waals surface area (Å²) in [5.41, 5.74) is -2.65. The van der Waals surface area contributed by atoms with Gasteiger partial charge in [-0.05, 0) is 32.4 Å². The zero-order chi connectivity index (χ0) is 26.5. The first-order valence-corrected chi connectivity index (χ1v) is 12.3. The molecule has 1 aliphatic carbocycles. The lowest BCUT2D eigenvalue weighted by molar-refractivity contribution is -0.319. The Morgan fingerprint density at radius 3 is 2.62 bits per heavy atom. The van der Waals surface area contributed by atoms with Gasteiger partial charge in [-0.3, -0.25) is 4.79 Å². The fourth-order valence-electron chi connectivity index (χ4n) is 6.79. The summed E-state index contributed by atoms with van der Waals surface area (Å²) >= 11 is 0. The molecule has 0 unspecified atom stereocenters. The normalized spacial score (nSPS) is 37.0. The van der Waals surface area contributed by atoms with Crippen molar-refractivity contribution in [1.82, 2.24) is 0 Å². The van der Waals surface area contributed by atoms with Crippen LogP contribution in [-0.4, -0.2) is 61.8 Å². The Hall–Kier alpha value is -3.24. The van der Waals surface area contributed by atoms with Gasteiger partial charge in [-0.25, -0.2) is 4.79 Å². The molecule has 2 spiro atoms. The van der Waals surface area contributed by atoms with Crippen LogP contribution in [0.4, 0.5) is 0 Å². The van der Waals surface area contributed by atoms with Crippen molar-refractivity contribution in [2.75, 3.05) is 27.6 Å². The number of methoxy groups -OCH3 is 2. The fourth-order valence-corrected chi connectivity index (χ4v) is 6.79. The maximum Gasteiger partial charge on any atom is 0.333 e. The molecule has 37 heavy (non-hydrogen) atoms. The van der Waals surface area contributed by atoms with Crippen molar-refractivity contribution in [2.45, 2.75) is 62.9 Å². The summed E-state index contributed by atoms with van der Waals surface area (Å²) in [6.45, 7) is 6.81. The van der Waals surface area contributed by atoms with Gasteiger partial charge in [0.1, 0.15) is 23.2 Å². The summed E-state index contributed by atoms with van der Waals surface area (Å²) in [5.74, 6) is 0.0958. The number of ether oxygens (including phenoxy) is 7. The lowest BCUT2D eigenvalue weighted by Crippen LogP contribution is -2.77. The van der Waals surface area contributed by atoms with E-state index in [1.165, 1.54) is 14.2 Å². The van der Waals surface area contributed by atoms with E-state index in [-0.39, 0.29) is 31.3 Å². The van der Waals surface area contributed by atoms with Crippen LogP contribution < -0.4 is 14.2 Å². The van der Waals surface area contributed by atoms with Gasteiger partial charge in [-0.1, -0.05) is 13.0 Å². The molecular weight excluding hydrogens is 484 g/mol. The summed E-state index contributed by atoms with van der Waals surface area (Å²) < 4.78 is 42.2. The molecule has 198 valence electrons. The third-order valence-electron chi connectivity index (χ3n) is 8.86. The fraction of sp³-hybridized carbons (Fsp3) is 0.556. The largest absolute Gasteiger partial charge is 0.496 e. The van der Waals surface area contributed by atoms with Crippen LogP contribution in [0, 0.1) is 5.92 Å². The van der Waals surface area contributed by atoms with Crippen LogP contribution in [0.3, 0.4) is 0 Å². The summed E-state index contributed by atoms with van der Waals surface area (Å²) in [5, 5.41) is 12.1. The van der Waals surface area contributed by atoms with E-state index < -0.39 is 46.5 Å². The van der Waals surface area contributed by atoms with E-state index in [9.17, 15) is 14.7 Å². The number of hydrogen-bond donors (Lipinski definition) is 1. The molecule has 0 amide bonds. The molecule has 1 fully saturated rings. The number of carbonyl (C=O) groups excluding carboxylic acids is 2. The van der Waals surface area contributed by atoms with Crippen LogP contribution in [0.15, 0.2) is 29.2 Å². The number of fused-ring (bicyclic) bond motifs is 4. The molecule has 6 rings (SSSR count). The Bertz CT molecular complexity index is 1290. The minimum Gasteiger partial charge on any atom is -0.496 e. The zero-order valence-electron chi connectivity index (χ0n) is 21.6. The predicted octanol–water partition coefficient (Wildman–Crippen LogP) is 2.61. The van der Waals surface area contributed by atoms with E-state index in [2.05, 4.69) is 0 Å². The van der Waals surface area contributed by atoms with Crippen molar-refractivity contribution in [2.24, 2.45) is 5.92 Å². The monoisotopic (exact) mass is 514 g/mol. The van der Waals surface area contributed by atoms with E-state index in [1.807, 2.05) is 13.0 Å². The molecule has 4 aliphatic heterocycles. The Balaban J connectivity index is 1.71. The number of Topliss-reactive ketones (excluding diaryl/α,β-unsaturated/α-hetero) is 1. The maximum atomic E-state index is 13.6. The molecule has 1 aromatic carbocycles. The molecule has 0 saturated carbocycles. The molecule has 4 heterocycles. The number of hydrogen-bond acceptors (Lipinski definition) is 10. The second-order valence-corrected chi connectivity index (χ2v) is 10.5. The lowest BCUT2D eigenvalue weighted by Gasteiger charge is -2.64. The van der Waals surface area contributed by atoms with Gasteiger partial charge in [0.15, 0.2) is 23.4 Å². The molecular formula is C27H30O10. The van der Waals surface area contributed by atoms with Crippen molar-refractivity contribution in [1.29, 1.82) is 0 Å². The highest BCUT2D eigenvalue weighted by Crippen LogP contribution is 2.70. The standard InChI is InChI=1S/C27H30O10/c1-7-12(2)23(29)36-24-25(4,30)13(3)18-14-8-16-20(35-11-34-16)21-17(14)26(10-33-21)22(32-6)19(31-5)15(28)9-27(24,26)37-18/h7-8,13,18,24,30H,9-11H2,1-6H3/t13-,18+,24-,25-,26-,27-/m0/s1. The molecule has 1 aromatic rings. The zero-order valence-corrected chi connectivity index (χ0v) is 21.6. The number of aliphatic hydroxyl groups is 1. The van der Waals surface area contributed by atoms with Crippen molar-refractivity contribution in [3.8, 4) is 17.2 Å². The van der Waals surface area contributed by atoms with Crippen molar-refractivity contribution >= 4 is 11.8 Å². The van der Waals surface area contributed by atoms with Crippen molar-refractivity contribution in [3.63, 3.8) is 0 Å². The van der Waals surface area contributed by atoms with Gasteiger partial charge in [0.25, 0.3) is 0 Å². The Kier molecular flexibility index (Phi) is 4.98. The quantitative estimate of drug-likeness (QED) is 0.474. The number of benzene rings is 1. The first-order valence-electron chi connectivity index (χ1n) is 12.3. The van der Waals surface area contributed by atoms with Gasteiger partial charge in [0.05, 0.1) is 20.3 Å². The third kappa shape index (κ3) is 2.67. The number of carbonyl (C=O) groups is 2. The Morgan fingerprint density at radius 1 is 1.19 bits per heavy atom. The van der Waals surface area contributed by atoms with Gasteiger partial charge in [-0.2, -0.15) is 0 Å². The van der Waals surface area contributed by atoms with Crippen molar-refractivity contribution in [3.05, 3.63) is 40.4 Å². The van der Waals surface area contributed by atoms with Gasteiger partial charge in [0, 0.05) is 23.5 Å². The van der Waals surface area contributed by atoms with E-state index >= 15 is 0 Å². The Labute approximate surface area is 214 Å². The minimum atomic E-state index is -1.60. The van der Waals surface area contributed by atoms with Crippen LogP contribution >= 0.6 is 0 Å². The van der Waals surface area contributed by atoms with E-state index in [0.29, 0.717) is 28.4 Å². The second-order valence-electron chi connectivity index (χ2n) is 10.5. The van der Waals surface area contributed by atoms with Gasteiger partial charge >= 0.3 is 5.97 Å². The highest BCUT2D eigenvalue weighted by molar-refractivity contribution is 5.98. The molecule has 6 atom stereocenters. The highest BCUT2D eigenvalue weighted by atomic mass is 16.7. The average Bonchev–Trinajstić information content (AvgIpc) is 3.51. The van der Waals surface area contributed by atoms with Crippen LogP contribution in [-0.2, 0) is 34.0 Å². The van der Waals surface area contributed by atoms with Crippen LogP contribution in [0.5, 0.6) is 17.2 Å². The first-order chi connectivity index (χ1) is 17.6. The summed E-state index contributed by atoms with van der Waals surface area (Å²) in [6, 6.07) is 1.84. The number of esters is 1. The second kappa shape index (κ2) is 7.64. The third-order valence-corrected chi connectivity index (χ3v) is 8.86. The number of rotatable bonds is 4. The Morgan fingerprint density at radius 2 is 1.95 bits per heavy atom. The van der Waals surface area contributed by atoms with Gasteiger partial charge < -0.3 is 38.3 Å². The predicted molar refractivity (Wildman–Crippen MR) is 126 cm³/mol. The SMILES string of the molecule is CC=C(C)C(=O)O[C@H]1[C@@](C)(O)[C@@H](C)[C@H]2O[C@@]13CC(=O)C(OC)=C(OC)[C@@]31COc3c4c(cc2c31)OCO4. The maximum absolute atomic E-state index is 13.6. The molecule has 5 aliphatic rings. The molecule has 0 aromatic heterocycles. The topological polar surface area (TPSA) is 119 Å². The molecule has 1 saturated heterocycles. The number of ketones is 1. The van der Waals surface area contributed by atoms with Crippen LogP contribution in [0.2, 0.25) is 0 Å².